The van der Waals surface area contributed by atoms with Crippen molar-refractivity contribution in [2.45, 2.75) is 116 Å². The van der Waals surface area contributed by atoms with Gasteiger partial charge in [0, 0.05) is 19.4 Å². The number of ether oxygens (including phenoxy) is 1. The van der Waals surface area contributed by atoms with Gasteiger partial charge in [-0.2, -0.15) is 0 Å². The Hall–Kier alpha value is 0.690. The SMILES string of the molecule is CCCCCCCCCCCCCCCCCC(=O)OCCCO.[CaH2]. The zero-order valence-electron chi connectivity index (χ0n) is 16.2. The van der Waals surface area contributed by atoms with E-state index in [-0.39, 0.29) is 50.3 Å². The molecule has 3 nitrogen and oxygen atoms in total. The summed E-state index contributed by atoms with van der Waals surface area (Å²) >= 11 is 0. The van der Waals surface area contributed by atoms with Crippen LogP contribution in [0.1, 0.15) is 116 Å². The van der Waals surface area contributed by atoms with Crippen LogP contribution in [0.5, 0.6) is 0 Å². The fourth-order valence-electron chi connectivity index (χ4n) is 2.96. The standard InChI is InChI=1S/C21H42O3.Ca.2H/c1-2-3-4-5-6-7-8-9-10-11-12-13-14-15-16-18-21(23)24-20-17-19-22;;;/h22H,2-20H2,1H3;;;. The average Bonchev–Trinajstić information content (AvgIpc) is 2.58. The van der Waals surface area contributed by atoms with Gasteiger partial charge in [-0.25, -0.2) is 0 Å². The molecule has 0 fully saturated rings. The van der Waals surface area contributed by atoms with Crippen LogP contribution in [0.15, 0.2) is 0 Å². The summed E-state index contributed by atoms with van der Waals surface area (Å²) in [7, 11) is 0. The molecule has 0 atom stereocenters. The first kappa shape index (κ1) is 27.9. The molecule has 0 aliphatic rings. The van der Waals surface area contributed by atoms with Crippen LogP contribution in [0.2, 0.25) is 0 Å². The number of hydrogen-bond acceptors (Lipinski definition) is 3. The number of carbonyl (C=O) groups excluding carboxylic acids is 1. The Morgan fingerprint density at radius 1 is 0.680 bits per heavy atom. The first-order valence-electron chi connectivity index (χ1n) is 10.6. The van der Waals surface area contributed by atoms with Gasteiger partial charge in [0.1, 0.15) is 0 Å². The van der Waals surface area contributed by atoms with Crippen molar-refractivity contribution in [2.24, 2.45) is 0 Å². The van der Waals surface area contributed by atoms with E-state index in [0.29, 0.717) is 19.4 Å². The van der Waals surface area contributed by atoms with Crippen molar-refractivity contribution in [1.29, 1.82) is 0 Å². The molecule has 0 heterocycles. The van der Waals surface area contributed by atoms with Gasteiger partial charge in [0.25, 0.3) is 0 Å². The molecule has 4 heteroatoms. The predicted molar refractivity (Wildman–Crippen MR) is 111 cm³/mol. The Balaban J connectivity index is 0. The van der Waals surface area contributed by atoms with E-state index in [0.717, 1.165) is 12.8 Å². The van der Waals surface area contributed by atoms with E-state index in [2.05, 4.69) is 6.92 Å². The van der Waals surface area contributed by atoms with Crippen LogP contribution in [0.25, 0.3) is 0 Å². The second-order valence-corrected chi connectivity index (χ2v) is 7.00. The number of aliphatic hydroxyl groups excluding tert-OH is 1. The molecule has 25 heavy (non-hydrogen) atoms. The van der Waals surface area contributed by atoms with Gasteiger partial charge >= 0.3 is 43.7 Å². The van der Waals surface area contributed by atoms with Crippen LogP contribution < -0.4 is 0 Å². The Morgan fingerprint density at radius 2 is 1.08 bits per heavy atom. The molecule has 0 aliphatic heterocycles. The summed E-state index contributed by atoms with van der Waals surface area (Å²) in [5, 5.41) is 8.60. The molecule has 0 aromatic heterocycles. The van der Waals surface area contributed by atoms with Crippen LogP contribution in [0.3, 0.4) is 0 Å². The third-order valence-electron chi connectivity index (χ3n) is 4.55. The fourth-order valence-corrected chi connectivity index (χ4v) is 2.96. The maximum absolute atomic E-state index is 11.3. The Bertz CT molecular complexity index is 260. The van der Waals surface area contributed by atoms with Gasteiger partial charge in [0.05, 0.1) is 6.61 Å². The van der Waals surface area contributed by atoms with E-state index in [9.17, 15) is 4.79 Å². The number of aliphatic hydroxyl groups is 1. The van der Waals surface area contributed by atoms with Gasteiger partial charge < -0.3 is 9.84 Å². The van der Waals surface area contributed by atoms with Gasteiger partial charge in [-0.1, -0.05) is 96.8 Å². The Labute approximate surface area is 186 Å². The maximum atomic E-state index is 11.3. The molecule has 0 saturated carbocycles. The molecule has 0 amide bonds. The minimum absolute atomic E-state index is 0. The third-order valence-corrected chi connectivity index (χ3v) is 4.55. The zero-order valence-corrected chi connectivity index (χ0v) is 16.2. The summed E-state index contributed by atoms with van der Waals surface area (Å²) in [4.78, 5) is 11.3. The molecule has 1 N–H and O–H groups in total. The normalized spacial score (nSPS) is 10.5. The van der Waals surface area contributed by atoms with E-state index in [1.165, 1.54) is 83.5 Å². The van der Waals surface area contributed by atoms with Crippen molar-refractivity contribution in [3.8, 4) is 0 Å². The molecule has 0 aromatic carbocycles. The van der Waals surface area contributed by atoms with Crippen molar-refractivity contribution in [1.82, 2.24) is 0 Å². The van der Waals surface area contributed by atoms with Crippen molar-refractivity contribution in [3.63, 3.8) is 0 Å². The number of unbranched alkanes of at least 4 members (excludes halogenated alkanes) is 14. The van der Waals surface area contributed by atoms with Gasteiger partial charge in [-0.05, 0) is 6.42 Å². The molecule has 0 aliphatic carbocycles. The van der Waals surface area contributed by atoms with Crippen LogP contribution >= 0.6 is 0 Å². The predicted octanol–water partition coefficient (Wildman–Crippen LogP) is 5.26. The average molecular weight is 385 g/mol. The molecule has 0 saturated heterocycles. The fraction of sp³-hybridized carbons (Fsp3) is 0.952. The summed E-state index contributed by atoms with van der Waals surface area (Å²) in [5.41, 5.74) is 0. The van der Waals surface area contributed by atoms with Crippen LogP contribution in [-0.4, -0.2) is 62.0 Å². The number of rotatable bonds is 19. The Morgan fingerprint density at radius 3 is 1.48 bits per heavy atom. The monoisotopic (exact) mass is 384 g/mol. The van der Waals surface area contributed by atoms with Crippen molar-refractivity contribution in [2.75, 3.05) is 13.2 Å². The van der Waals surface area contributed by atoms with E-state index >= 15 is 0 Å². The van der Waals surface area contributed by atoms with Crippen molar-refractivity contribution < 1.29 is 14.6 Å². The van der Waals surface area contributed by atoms with Gasteiger partial charge in [-0.3, -0.25) is 4.79 Å². The summed E-state index contributed by atoms with van der Waals surface area (Å²) in [5.74, 6) is -0.113. The first-order chi connectivity index (χ1) is 11.8. The van der Waals surface area contributed by atoms with E-state index in [1.807, 2.05) is 0 Å². The van der Waals surface area contributed by atoms with Crippen LogP contribution in [0.4, 0.5) is 0 Å². The van der Waals surface area contributed by atoms with E-state index < -0.39 is 0 Å². The van der Waals surface area contributed by atoms with Crippen molar-refractivity contribution in [3.05, 3.63) is 0 Å². The van der Waals surface area contributed by atoms with Crippen LogP contribution in [-0.2, 0) is 9.53 Å². The topological polar surface area (TPSA) is 46.5 Å². The third kappa shape index (κ3) is 24.7. The zero-order chi connectivity index (χ0) is 17.7. The number of hydrogen-bond donors (Lipinski definition) is 1. The summed E-state index contributed by atoms with van der Waals surface area (Å²) in [6.07, 6.45) is 21.1. The molecule has 0 radical (unpaired) electrons. The van der Waals surface area contributed by atoms with Crippen molar-refractivity contribution >= 4 is 43.7 Å². The summed E-state index contributed by atoms with van der Waals surface area (Å²) in [6.45, 7) is 2.72. The molecule has 0 unspecified atom stereocenters. The second kappa shape index (κ2) is 24.7. The van der Waals surface area contributed by atoms with Gasteiger partial charge in [0.15, 0.2) is 0 Å². The van der Waals surface area contributed by atoms with Gasteiger partial charge in [0.2, 0.25) is 0 Å². The molecule has 0 aromatic rings. The van der Waals surface area contributed by atoms with Gasteiger partial charge in [-0.15, -0.1) is 0 Å². The summed E-state index contributed by atoms with van der Waals surface area (Å²) < 4.78 is 5.00. The molecule has 0 bridgehead atoms. The van der Waals surface area contributed by atoms with E-state index in [4.69, 9.17) is 9.84 Å². The van der Waals surface area contributed by atoms with Crippen LogP contribution in [0, 0.1) is 0 Å². The van der Waals surface area contributed by atoms with E-state index in [1.54, 1.807) is 0 Å². The minimum atomic E-state index is -0.113. The first-order valence-corrected chi connectivity index (χ1v) is 10.6. The number of esters is 1. The molecular formula is C21H44CaO3. The Kier molecular flexibility index (Phi) is 27.6. The quantitative estimate of drug-likeness (QED) is 0.188. The molecule has 0 rings (SSSR count). The molecule has 0 spiro atoms. The molecule has 148 valence electrons. The summed E-state index contributed by atoms with van der Waals surface area (Å²) in [6, 6.07) is 0. The number of carbonyl (C=O) groups is 1. The second-order valence-electron chi connectivity index (χ2n) is 7.00. The molecular weight excluding hydrogens is 340 g/mol.